The van der Waals surface area contributed by atoms with Gasteiger partial charge < -0.3 is 10.1 Å². The third kappa shape index (κ3) is 2.65. The van der Waals surface area contributed by atoms with Crippen molar-refractivity contribution in [3.8, 4) is 5.88 Å². The van der Waals surface area contributed by atoms with Crippen molar-refractivity contribution in [2.45, 2.75) is 0 Å². The fraction of sp³-hybridized carbons (Fsp3) is 0.0833. The molecule has 2 aromatic rings. The van der Waals surface area contributed by atoms with Gasteiger partial charge in [0.25, 0.3) is 5.91 Å². The Balaban J connectivity index is 2.25. The van der Waals surface area contributed by atoms with Crippen LogP contribution in [0.2, 0.25) is 0 Å². The fourth-order valence-electron chi connectivity index (χ4n) is 1.39. The lowest BCUT2D eigenvalue weighted by Crippen LogP contribution is -2.14. The average molecular weight is 308 g/mol. The summed E-state index contributed by atoms with van der Waals surface area (Å²) in [6, 6.07) is 5.03. The Labute approximate surface area is 112 Å². The zero-order valence-electron chi connectivity index (χ0n) is 9.55. The van der Waals surface area contributed by atoms with E-state index in [1.165, 1.54) is 7.11 Å². The van der Waals surface area contributed by atoms with Gasteiger partial charge in [-0.1, -0.05) is 0 Å². The summed E-state index contributed by atoms with van der Waals surface area (Å²) in [4.78, 5) is 20.0. The number of halogens is 1. The first-order valence-electron chi connectivity index (χ1n) is 5.12. The number of hydrogen-bond acceptors (Lipinski definition) is 4. The normalized spacial score (nSPS) is 9.89. The number of hydrogen-bond donors (Lipinski definition) is 1. The molecule has 0 aliphatic carbocycles. The lowest BCUT2D eigenvalue weighted by Gasteiger charge is -2.08. The summed E-state index contributed by atoms with van der Waals surface area (Å²) in [6.45, 7) is 0. The molecule has 0 saturated heterocycles. The highest BCUT2D eigenvalue weighted by molar-refractivity contribution is 9.10. The second kappa shape index (κ2) is 5.59. The minimum absolute atomic E-state index is 0.285. The maximum absolute atomic E-state index is 12.1. The monoisotopic (exact) mass is 307 g/mol. The third-order valence-corrected chi connectivity index (χ3v) is 2.86. The molecule has 0 atom stereocenters. The Hall–Kier alpha value is -1.95. The van der Waals surface area contributed by atoms with Gasteiger partial charge in [-0.05, 0) is 34.1 Å². The molecule has 0 radical (unpaired) electrons. The van der Waals surface area contributed by atoms with Crippen LogP contribution in [0.3, 0.4) is 0 Å². The first kappa shape index (κ1) is 12.5. The Morgan fingerprint density at radius 1 is 1.39 bits per heavy atom. The molecule has 0 saturated carbocycles. The van der Waals surface area contributed by atoms with Crippen molar-refractivity contribution in [3.05, 3.63) is 46.8 Å². The van der Waals surface area contributed by atoms with Gasteiger partial charge in [-0.3, -0.25) is 9.78 Å². The van der Waals surface area contributed by atoms with E-state index < -0.39 is 0 Å². The molecule has 1 N–H and O–H groups in total. The molecule has 0 aromatic carbocycles. The molecule has 1 amide bonds. The second-order valence-electron chi connectivity index (χ2n) is 3.37. The Morgan fingerprint density at radius 2 is 2.22 bits per heavy atom. The van der Waals surface area contributed by atoms with E-state index in [1.54, 1.807) is 36.8 Å². The minimum Gasteiger partial charge on any atom is -0.480 e. The molecule has 6 heteroatoms. The van der Waals surface area contributed by atoms with Gasteiger partial charge in [0.1, 0.15) is 5.56 Å². The predicted octanol–water partition coefficient (Wildman–Crippen LogP) is 2.50. The summed E-state index contributed by atoms with van der Waals surface area (Å²) in [5, 5.41) is 2.76. The first-order chi connectivity index (χ1) is 8.72. The van der Waals surface area contributed by atoms with Crippen molar-refractivity contribution in [2.24, 2.45) is 0 Å². The Bertz CT molecular complexity index is 575. The van der Waals surface area contributed by atoms with E-state index in [0.29, 0.717) is 21.6 Å². The number of pyridine rings is 2. The van der Waals surface area contributed by atoms with Gasteiger partial charge in [-0.2, -0.15) is 0 Å². The number of rotatable bonds is 3. The van der Waals surface area contributed by atoms with Crippen molar-refractivity contribution in [1.82, 2.24) is 9.97 Å². The molecule has 0 spiro atoms. The lowest BCUT2D eigenvalue weighted by atomic mass is 10.2. The van der Waals surface area contributed by atoms with E-state index in [9.17, 15) is 4.79 Å². The summed E-state index contributed by atoms with van der Waals surface area (Å²) in [5.41, 5.74) is 1.02. The van der Waals surface area contributed by atoms with Gasteiger partial charge in [0.2, 0.25) is 5.88 Å². The van der Waals surface area contributed by atoms with Crippen molar-refractivity contribution in [2.75, 3.05) is 12.4 Å². The van der Waals surface area contributed by atoms with Crippen molar-refractivity contribution < 1.29 is 9.53 Å². The van der Waals surface area contributed by atoms with Crippen LogP contribution in [0.4, 0.5) is 5.69 Å². The first-order valence-corrected chi connectivity index (χ1v) is 5.91. The van der Waals surface area contributed by atoms with E-state index in [0.717, 1.165) is 0 Å². The van der Waals surface area contributed by atoms with Crippen LogP contribution in [0.25, 0.3) is 0 Å². The van der Waals surface area contributed by atoms with Gasteiger partial charge in [-0.15, -0.1) is 0 Å². The summed E-state index contributed by atoms with van der Waals surface area (Å²) in [6.07, 6.45) is 4.77. The molecule has 0 fully saturated rings. The third-order valence-electron chi connectivity index (χ3n) is 2.23. The predicted molar refractivity (Wildman–Crippen MR) is 70.7 cm³/mol. The average Bonchev–Trinajstić information content (AvgIpc) is 2.41. The molecule has 0 aliphatic heterocycles. The maximum Gasteiger partial charge on any atom is 0.261 e. The quantitative estimate of drug-likeness (QED) is 0.946. The molecule has 92 valence electrons. The lowest BCUT2D eigenvalue weighted by molar-refractivity contribution is 0.102. The van der Waals surface area contributed by atoms with Crippen LogP contribution in [-0.2, 0) is 0 Å². The molecule has 0 unspecified atom stereocenters. The summed E-state index contributed by atoms with van der Waals surface area (Å²) < 4.78 is 5.75. The van der Waals surface area contributed by atoms with Crippen LogP contribution in [0.1, 0.15) is 10.4 Å². The number of amides is 1. The highest BCUT2D eigenvalue weighted by Crippen LogP contribution is 2.22. The van der Waals surface area contributed by atoms with Gasteiger partial charge in [0.15, 0.2) is 0 Å². The van der Waals surface area contributed by atoms with Crippen molar-refractivity contribution >= 4 is 27.5 Å². The molecule has 5 nitrogen and oxygen atoms in total. The Morgan fingerprint density at radius 3 is 2.94 bits per heavy atom. The Kier molecular flexibility index (Phi) is 3.88. The maximum atomic E-state index is 12.1. The smallest absolute Gasteiger partial charge is 0.261 e. The van der Waals surface area contributed by atoms with Crippen molar-refractivity contribution in [3.63, 3.8) is 0 Å². The highest BCUT2D eigenvalue weighted by atomic mass is 79.9. The molecule has 18 heavy (non-hydrogen) atoms. The van der Waals surface area contributed by atoms with Gasteiger partial charge in [0.05, 0.1) is 17.3 Å². The SMILES string of the molecule is COc1ncccc1C(=O)Nc1ccncc1Br. The summed E-state index contributed by atoms with van der Waals surface area (Å²) in [5.74, 6) is 0.00651. The number of nitrogens with one attached hydrogen (secondary N) is 1. The zero-order valence-corrected chi connectivity index (χ0v) is 11.1. The number of ether oxygens (including phenoxy) is 1. The van der Waals surface area contributed by atoms with Crippen molar-refractivity contribution in [1.29, 1.82) is 0 Å². The van der Waals surface area contributed by atoms with E-state index in [1.807, 2.05) is 0 Å². The second-order valence-corrected chi connectivity index (χ2v) is 4.22. The molecular formula is C12H10BrN3O2. The molecule has 2 rings (SSSR count). The summed E-state index contributed by atoms with van der Waals surface area (Å²) in [7, 11) is 1.47. The van der Waals surface area contributed by atoms with E-state index in [4.69, 9.17) is 4.74 Å². The van der Waals surface area contributed by atoms with Crippen LogP contribution in [-0.4, -0.2) is 23.0 Å². The molecule has 0 aliphatic rings. The van der Waals surface area contributed by atoms with Crippen LogP contribution >= 0.6 is 15.9 Å². The van der Waals surface area contributed by atoms with Crippen LogP contribution in [0, 0.1) is 0 Å². The number of aromatic nitrogens is 2. The molecule has 2 heterocycles. The highest BCUT2D eigenvalue weighted by Gasteiger charge is 2.13. The van der Waals surface area contributed by atoms with E-state index in [2.05, 4.69) is 31.2 Å². The number of carbonyl (C=O) groups excluding carboxylic acids is 1. The fourth-order valence-corrected chi connectivity index (χ4v) is 1.74. The standard InChI is InChI=1S/C12H10BrN3O2/c1-18-12-8(3-2-5-15-12)11(17)16-10-4-6-14-7-9(10)13/h2-7H,1H3,(H,14,16,17). The van der Waals surface area contributed by atoms with Gasteiger partial charge in [0, 0.05) is 18.6 Å². The number of anilines is 1. The minimum atomic E-state index is -0.285. The number of carbonyl (C=O) groups is 1. The zero-order chi connectivity index (χ0) is 13.0. The van der Waals surface area contributed by atoms with Crippen LogP contribution in [0.5, 0.6) is 5.88 Å². The van der Waals surface area contributed by atoms with Crippen LogP contribution < -0.4 is 10.1 Å². The van der Waals surface area contributed by atoms with Gasteiger partial charge in [-0.25, -0.2) is 4.98 Å². The topological polar surface area (TPSA) is 64.1 Å². The summed E-state index contributed by atoms with van der Waals surface area (Å²) >= 11 is 3.31. The number of methoxy groups -OCH3 is 1. The number of nitrogens with zero attached hydrogens (tertiary/aromatic N) is 2. The molecule has 0 bridgehead atoms. The largest absolute Gasteiger partial charge is 0.480 e. The van der Waals surface area contributed by atoms with E-state index >= 15 is 0 Å². The van der Waals surface area contributed by atoms with E-state index in [-0.39, 0.29) is 5.91 Å². The van der Waals surface area contributed by atoms with Gasteiger partial charge >= 0.3 is 0 Å². The molecular weight excluding hydrogens is 298 g/mol. The van der Waals surface area contributed by atoms with Crippen LogP contribution in [0.15, 0.2) is 41.3 Å². The molecule has 2 aromatic heterocycles.